The van der Waals surface area contributed by atoms with Crippen LogP contribution in [0.4, 0.5) is 0 Å². The second-order valence-corrected chi connectivity index (χ2v) is 26.4. The summed E-state index contributed by atoms with van der Waals surface area (Å²) in [4.78, 5) is 166. The highest BCUT2D eigenvalue weighted by molar-refractivity contribution is 5.99. The fraction of sp³-hybridized carbons (Fsp3) is 0.790. The molecule has 24 heteroatoms. The maximum Gasteiger partial charge on any atom is 0.248 e. The lowest BCUT2D eigenvalue weighted by atomic mass is 9.91. The summed E-state index contributed by atoms with van der Waals surface area (Å²) in [6, 6.07) is -13.2. The minimum absolute atomic E-state index is 0.0945. The number of likely N-dealkylation sites (N-methyl/N-ethyl adjacent to an activating group) is 6. The van der Waals surface area contributed by atoms with E-state index in [1.54, 1.807) is 39.8 Å². The first-order valence-electron chi connectivity index (χ1n) is 30.7. The minimum atomic E-state index is -1.74. The fourth-order valence-electron chi connectivity index (χ4n) is 10.6. The number of carbonyl (C=O) groups excluding carboxylic acids is 11. The van der Waals surface area contributed by atoms with Gasteiger partial charge in [-0.25, -0.2) is 0 Å². The largest absolute Gasteiger partial charge is 0.391 e. The van der Waals surface area contributed by atoms with E-state index in [0.29, 0.717) is 0 Å². The zero-order valence-electron chi connectivity index (χ0n) is 56.1. The number of carbonyl (C=O) groups is 11. The van der Waals surface area contributed by atoms with Gasteiger partial charge in [-0.2, -0.15) is 0 Å². The van der Waals surface area contributed by atoms with Crippen molar-refractivity contribution >= 4 is 65.0 Å². The Kier molecular flexibility index (Phi) is 32.2. The van der Waals surface area contributed by atoms with Crippen LogP contribution in [0.25, 0.3) is 0 Å². The molecule has 11 amide bonds. The molecule has 0 aromatic carbocycles. The van der Waals surface area contributed by atoms with Gasteiger partial charge in [0.15, 0.2) is 0 Å². The first kappa shape index (κ1) is 77.8. The van der Waals surface area contributed by atoms with Crippen LogP contribution >= 0.6 is 0 Å². The molecule has 0 radical (unpaired) electrons. The van der Waals surface area contributed by atoms with Crippen LogP contribution in [-0.4, -0.2) is 226 Å². The van der Waals surface area contributed by atoms with Gasteiger partial charge in [0.25, 0.3) is 0 Å². The summed E-state index contributed by atoms with van der Waals surface area (Å²) in [5, 5.41) is 36.8. The number of aliphatic hydroxyl groups is 2. The zero-order valence-corrected chi connectivity index (χ0v) is 56.1. The molecule has 1 aliphatic rings. The quantitative estimate of drug-likeness (QED) is 0.109. The van der Waals surface area contributed by atoms with Crippen LogP contribution in [0.3, 0.4) is 0 Å². The zero-order chi connectivity index (χ0) is 66.7. The Hall–Kier alpha value is -6.17. The molecule has 1 rings (SSSR count). The SMILES string of the molecule is C/C=C/C[C@@H](C)[C@@H](O)[C@H]1C(=O)N[C@@H]([C@@H](C)O)C(=O)N(C)CC(=O)N(C)[C@H](CC(C)C)C(=O)N[C@@H](CC(C)C)C(=O)N(C)[C@H](CC(C)C)C(=O)N[C@@H](C)C(=O)N[C@H](C)C(=O)N(C)[C@@H](CC(C)C)C(=O)N[C@@H](CC(C)C)C(=O)N(C)[C@@H](C(C)C)C(=O)N1C. The van der Waals surface area contributed by atoms with Crippen molar-refractivity contribution < 1.29 is 63.0 Å². The predicted octanol–water partition coefficient (Wildman–Crippen LogP) is 2.29. The molecule has 7 N–H and O–H groups in total. The van der Waals surface area contributed by atoms with E-state index in [2.05, 4.69) is 26.6 Å². The summed E-state index contributed by atoms with van der Waals surface area (Å²) >= 11 is 0. The molecule has 0 unspecified atom stereocenters. The van der Waals surface area contributed by atoms with Crippen molar-refractivity contribution in [3.05, 3.63) is 12.2 Å². The van der Waals surface area contributed by atoms with Gasteiger partial charge in [-0.15, -0.1) is 0 Å². The van der Waals surface area contributed by atoms with Gasteiger partial charge in [0.05, 0.1) is 18.8 Å². The van der Waals surface area contributed by atoms with Gasteiger partial charge in [-0.3, -0.25) is 52.7 Å². The maximum atomic E-state index is 15.1. The van der Waals surface area contributed by atoms with Gasteiger partial charge in [0, 0.05) is 42.3 Å². The van der Waals surface area contributed by atoms with Crippen LogP contribution in [0.2, 0.25) is 0 Å². The first-order chi connectivity index (χ1) is 39.6. The topological polar surface area (TPSA) is 308 Å². The Labute approximate surface area is 513 Å². The molecule has 492 valence electrons. The molecule has 24 nitrogen and oxygen atoms in total. The molecular formula is C62H111N11O13. The second-order valence-electron chi connectivity index (χ2n) is 26.4. The van der Waals surface area contributed by atoms with E-state index in [9.17, 15) is 58.2 Å². The third-order valence-electron chi connectivity index (χ3n) is 15.7. The van der Waals surface area contributed by atoms with Gasteiger partial charge in [-0.05, 0) is 108 Å². The third-order valence-corrected chi connectivity index (χ3v) is 15.7. The number of hydrogen-bond acceptors (Lipinski definition) is 13. The Morgan fingerprint density at radius 1 is 0.442 bits per heavy atom. The third kappa shape index (κ3) is 22.8. The van der Waals surface area contributed by atoms with Crippen LogP contribution in [0.5, 0.6) is 0 Å². The van der Waals surface area contributed by atoms with Gasteiger partial charge in [0.2, 0.25) is 65.0 Å². The van der Waals surface area contributed by atoms with Gasteiger partial charge >= 0.3 is 0 Å². The van der Waals surface area contributed by atoms with E-state index in [4.69, 9.17) is 0 Å². The highest BCUT2D eigenvalue weighted by Gasteiger charge is 2.45. The molecule has 86 heavy (non-hydrogen) atoms. The number of aliphatic hydroxyl groups excluding tert-OH is 2. The molecule has 1 fully saturated rings. The number of nitrogens with zero attached hydrogens (tertiary/aromatic N) is 6. The Balaban J connectivity index is 4.33. The van der Waals surface area contributed by atoms with E-state index in [0.717, 1.165) is 14.7 Å². The minimum Gasteiger partial charge on any atom is -0.391 e. The number of rotatable bonds is 16. The van der Waals surface area contributed by atoms with Gasteiger partial charge in [-0.1, -0.05) is 102 Å². The summed E-state index contributed by atoms with van der Waals surface area (Å²) in [6.45, 7) is 28.7. The van der Waals surface area contributed by atoms with Gasteiger partial charge < -0.3 is 66.2 Å². The number of allylic oxidation sites excluding steroid dienone is 2. The molecular weight excluding hydrogens is 1110 g/mol. The van der Waals surface area contributed by atoms with E-state index < -0.39 is 156 Å². The smallest absolute Gasteiger partial charge is 0.248 e. The Morgan fingerprint density at radius 3 is 1.23 bits per heavy atom. The lowest BCUT2D eigenvalue weighted by Crippen LogP contribution is -2.64. The maximum absolute atomic E-state index is 15.1. The summed E-state index contributed by atoms with van der Waals surface area (Å²) in [7, 11) is 8.15. The number of hydrogen-bond donors (Lipinski definition) is 7. The Morgan fingerprint density at radius 2 is 0.826 bits per heavy atom. The van der Waals surface area contributed by atoms with E-state index in [-0.39, 0.29) is 68.1 Å². The molecule has 0 aromatic rings. The van der Waals surface area contributed by atoms with Crippen LogP contribution in [-0.2, 0) is 52.7 Å². The van der Waals surface area contributed by atoms with Crippen molar-refractivity contribution in [2.45, 2.75) is 229 Å². The van der Waals surface area contributed by atoms with Crippen LogP contribution in [0.1, 0.15) is 156 Å². The highest BCUT2D eigenvalue weighted by atomic mass is 16.3. The number of amides is 11. The molecule has 1 aliphatic heterocycles. The molecule has 0 aliphatic carbocycles. The molecule has 0 spiro atoms. The molecule has 0 aromatic heterocycles. The summed E-state index contributed by atoms with van der Waals surface area (Å²) in [5.74, 6) is -10.4. The van der Waals surface area contributed by atoms with Crippen LogP contribution in [0.15, 0.2) is 12.2 Å². The summed E-state index contributed by atoms with van der Waals surface area (Å²) in [6.07, 6.45) is 1.20. The Bertz CT molecular complexity index is 2340. The molecule has 1 heterocycles. The average Bonchev–Trinajstić information content (AvgIpc) is 2.17. The van der Waals surface area contributed by atoms with E-state index >= 15 is 4.79 Å². The van der Waals surface area contributed by atoms with E-state index in [1.165, 1.54) is 77.8 Å². The van der Waals surface area contributed by atoms with Crippen LogP contribution < -0.4 is 26.6 Å². The van der Waals surface area contributed by atoms with Gasteiger partial charge in [0.1, 0.15) is 60.4 Å². The highest BCUT2D eigenvalue weighted by Crippen LogP contribution is 2.24. The summed E-state index contributed by atoms with van der Waals surface area (Å²) < 4.78 is 0. The summed E-state index contributed by atoms with van der Waals surface area (Å²) in [5.41, 5.74) is 0. The molecule has 1 saturated heterocycles. The molecule has 0 saturated carbocycles. The van der Waals surface area contributed by atoms with Crippen molar-refractivity contribution in [3.63, 3.8) is 0 Å². The normalized spacial score (nSPS) is 27.0. The fourth-order valence-corrected chi connectivity index (χ4v) is 10.6. The van der Waals surface area contributed by atoms with Crippen molar-refractivity contribution in [1.82, 2.24) is 56.0 Å². The van der Waals surface area contributed by atoms with E-state index in [1.807, 2.05) is 69.2 Å². The lowest BCUT2D eigenvalue weighted by molar-refractivity contribution is -0.155. The number of nitrogens with one attached hydrogen (secondary N) is 5. The predicted molar refractivity (Wildman–Crippen MR) is 330 cm³/mol. The van der Waals surface area contributed by atoms with Crippen molar-refractivity contribution in [2.24, 2.45) is 41.4 Å². The standard InChI is InChI=1S/C62H111N11O13/c1-24-25-26-39(14)52(76)51-57(81)67-49(42(17)74)61(85)68(18)32-48(75)69(19)45(29-35(6)7)55(79)65-43(27-33(2)3)59(83)71(21)46(30-36(8)9)54(78)63-40(15)53(77)64-41(16)58(82)70(20)47(31-37(10)11)56(80)66-44(28-34(4)5)60(84)72(22)50(38(12)13)62(86)73(51)23/h24-25,33-47,49-52,74,76H,26-32H2,1-23H3,(H,63,78)(H,64,77)(H,65,79)(H,66,80)(H,67,81)/b25-24+/t39-,40+,41-,42-,43+,44+,45-,46-,47+,49+,50+,51+,52-/m1/s1. The lowest BCUT2D eigenvalue weighted by Gasteiger charge is -2.40. The monoisotopic (exact) mass is 1220 g/mol. The first-order valence-corrected chi connectivity index (χ1v) is 30.7. The molecule has 13 atom stereocenters. The second kappa shape index (κ2) is 35.6. The average molecular weight is 1220 g/mol. The van der Waals surface area contributed by atoms with Crippen molar-refractivity contribution in [1.29, 1.82) is 0 Å². The molecule has 0 bridgehead atoms. The van der Waals surface area contributed by atoms with Crippen molar-refractivity contribution in [2.75, 3.05) is 48.8 Å². The van der Waals surface area contributed by atoms with Crippen molar-refractivity contribution in [3.8, 4) is 0 Å². The van der Waals surface area contributed by atoms with Crippen LogP contribution in [0, 0.1) is 41.4 Å².